The lowest BCUT2D eigenvalue weighted by molar-refractivity contribution is -0.134. The van der Waals surface area contributed by atoms with E-state index in [2.05, 4.69) is 45.8 Å². The van der Waals surface area contributed by atoms with Gasteiger partial charge in [0.1, 0.15) is 0 Å². The van der Waals surface area contributed by atoms with Crippen molar-refractivity contribution in [2.45, 2.75) is 51.1 Å². The van der Waals surface area contributed by atoms with Crippen molar-refractivity contribution in [1.82, 2.24) is 9.80 Å². The third-order valence-corrected chi connectivity index (χ3v) is 8.48. The van der Waals surface area contributed by atoms with Crippen LogP contribution < -0.4 is 0 Å². The highest BCUT2D eigenvalue weighted by Gasteiger charge is 2.59. The van der Waals surface area contributed by atoms with Crippen LogP contribution in [0.25, 0.3) is 0 Å². The Morgan fingerprint density at radius 1 is 1.04 bits per heavy atom. The number of fused-ring (bicyclic) bond motifs is 1. The second-order valence-electron chi connectivity index (χ2n) is 8.78. The molecule has 0 N–H and O–H groups in total. The molecular weight excluding hydrogens is 340 g/mol. The summed E-state index contributed by atoms with van der Waals surface area (Å²) < 4.78 is 0. The Morgan fingerprint density at radius 3 is 2.54 bits per heavy atom. The van der Waals surface area contributed by atoms with Crippen molar-refractivity contribution in [3.8, 4) is 0 Å². The van der Waals surface area contributed by atoms with Crippen LogP contribution in [0.2, 0.25) is 0 Å². The summed E-state index contributed by atoms with van der Waals surface area (Å²) >= 11 is 2.11. The summed E-state index contributed by atoms with van der Waals surface area (Å²) in [6.45, 7) is 4.19. The van der Waals surface area contributed by atoms with Crippen molar-refractivity contribution in [3.05, 3.63) is 35.4 Å². The second-order valence-corrected chi connectivity index (χ2v) is 10.0. The van der Waals surface area contributed by atoms with Crippen LogP contribution in [0, 0.1) is 11.3 Å². The highest BCUT2D eigenvalue weighted by atomic mass is 32.2. The highest BCUT2D eigenvalue weighted by molar-refractivity contribution is 7.99. The molecule has 3 fully saturated rings. The smallest absolute Gasteiger partial charge is 0.226 e. The Bertz CT molecular complexity index is 676. The van der Waals surface area contributed by atoms with E-state index in [-0.39, 0.29) is 0 Å². The molecule has 0 radical (unpaired) electrons. The van der Waals surface area contributed by atoms with Crippen LogP contribution in [0.15, 0.2) is 24.3 Å². The minimum atomic E-state index is 0.317. The number of thioether (sulfide) groups is 1. The van der Waals surface area contributed by atoms with Gasteiger partial charge in [0.05, 0.1) is 0 Å². The maximum absolute atomic E-state index is 13.1. The number of carbonyl (C=O) groups is 1. The molecule has 1 atom stereocenters. The largest absolute Gasteiger partial charge is 0.338 e. The van der Waals surface area contributed by atoms with Gasteiger partial charge in [0, 0.05) is 25.0 Å². The average molecular weight is 371 g/mol. The van der Waals surface area contributed by atoms with Crippen LogP contribution in [0.5, 0.6) is 0 Å². The van der Waals surface area contributed by atoms with Crippen molar-refractivity contribution >= 4 is 17.7 Å². The molecule has 3 heterocycles. The number of benzene rings is 1. The first-order valence-corrected chi connectivity index (χ1v) is 11.6. The Kier molecular flexibility index (Phi) is 4.52. The molecule has 140 valence electrons. The summed E-state index contributed by atoms with van der Waals surface area (Å²) in [7, 11) is 0. The third kappa shape index (κ3) is 3.09. The molecular formula is C22H30N2OS. The zero-order valence-electron chi connectivity index (χ0n) is 15.7. The van der Waals surface area contributed by atoms with Gasteiger partial charge in [-0.05, 0) is 79.7 Å². The van der Waals surface area contributed by atoms with Crippen LogP contribution in [0.1, 0.15) is 43.2 Å². The van der Waals surface area contributed by atoms with E-state index in [1.54, 1.807) is 0 Å². The molecule has 1 aliphatic carbocycles. The van der Waals surface area contributed by atoms with E-state index < -0.39 is 0 Å². The molecule has 4 heteroatoms. The Hall–Kier alpha value is -1.00. The van der Waals surface area contributed by atoms with Gasteiger partial charge in [-0.15, -0.1) is 0 Å². The van der Waals surface area contributed by atoms with Gasteiger partial charge >= 0.3 is 0 Å². The van der Waals surface area contributed by atoms with E-state index in [9.17, 15) is 4.79 Å². The Morgan fingerprint density at radius 2 is 1.77 bits per heavy atom. The van der Waals surface area contributed by atoms with Crippen molar-refractivity contribution in [2.75, 3.05) is 31.1 Å². The molecule has 1 aromatic rings. The molecule has 0 bridgehead atoms. The van der Waals surface area contributed by atoms with Crippen molar-refractivity contribution in [3.63, 3.8) is 0 Å². The van der Waals surface area contributed by atoms with E-state index >= 15 is 0 Å². The SMILES string of the molecule is O=C(C1CC12CCN(C1CCSCC1)CC2)N1CCc2ccccc2C1. The van der Waals surface area contributed by atoms with Crippen LogP contribution in [-0.4, -0.2) is 52.9 Å². The number of carbonyl (C=O) groups excluding carboxylic acids is 1. The zero-order chi connectivity index (χ0) is 17.6. The minimum absolute atomic E-state index is 0.317. The summed E-state index contributed by atoms with van der Waals surface area (Å²) in [6, 6.07) is 9.45. The molecule has 2 saturated heterocycles. The molecule has 1 amide bonds. The fraction of sp³-hybridized carbons (Fsp3) is 0.682. The van der Waals surface area contributed by atoms with Crippen LogP contribution in [0.4, 0.5) is 0 Å². The summed E-state index contributed by atoms with van der Waals surface area (Å²) in [6.07, 6.45) is 7.41. The summed E-state index contributed by atoms with van der Waals surface area (Å²) in [4.78, 5) is 18.0. The first-order chi connectivity index (χ1) is 12.8. The molecule has 5 rings (SSSR count). The molecule has 4 aliphatic rings. The van der Waals surface area contributed by atoms with Crippen LogP contribution in [-0.2, 0) is 17.8 Å². The highest BCUT2D eigenvalue weighted by Crippen LogP contribution is 2.60. The monoisotopic (exact) mass is 370 g/mol. The van der Waals surface area contributed by atoms with E-state index in [0.29, 0.717) is 17.2 Å². The average Bonchev–Trinajstić information content (AvgIpc) is 3.41. The first-order valence-electron chi connectivity index (χ1n) is 10.4. The van der Waals surface area contributed by atoms with Gasteiger partial charge in [-0.25, -0.2) is 0 Å². The Labute approximate surface area is 161 Å². The molecule has 1 saturated carbocycles. The fourth-order valence-electron chi connectivity index (χ4n) is 5.54. The number of piperidine rings is 1. The zero-order valence-corrected chi connectivity index (χ0v) is 16.5. The standard InChI is InChI=1S/C22H30N2OS/c25-21(24-10-5-17-3-1-2-4-18(17)16-24)20-15-22(20)8-11-23(12-9-22)19-6-13-26-14-7-19/h1-4,19-20H,5-16H2. The van der Waals surface area contributed by atoms with Gasteiger partial charge in [-0.2, -0.15) is 11.8 Å². The lowest BCUT2D eigenvalue weighted by Crippen LogP contribution is -2.45. The van der Waals surface area contributed by atoms with Gasteiger partial charge < -0.3 is 9.80 Å². The van der Waals surface area contributed by atoms with E-state index in [1.165, 1.54) is 61.4 Å². The van der Waals surface area contributed by atoms with Crippen molar-refractivity contribution < 1.29 is 4.79 Å². The van der Waals surface area contributed by atoms with Crippen LogP contribution >= 0.6 is 11.8 Å². The molecule has 1 aromatic carbocycles. The molecule has 1 spiro atoms. The van der Waals surface area contributed by atoms with Gasteiger partial charge in [0.25, 0.3) is 0 Å². The van der Waals surface area contributed by atoms with Gasteiger partial charge in [-0.3, -0.25) is 4.79 Å². The number of amides is 1. The second kappa shape index (κ2) is 6.87. The molecule has 26 heavy (non-hydrogen) atoms. The third-order valence-electron chi connectivity index (χ3n) is 7.43. The predicted molar refractivity (Wildman–Crippen MR) is 107 cm³/mol. The van der Waals surface area contributed by atoms with E-state index in [0.717, 1.165) is 32.0 Å². The lowest BCUT2D eigenvalue weighted by Gasteiger charge is -2.40. The maximum Gasteiger partial charge on any atom is 0.226 e. The van der Waals surface area contributed by atoms with Crippen molar-refractivity contribution in [2.24, 2.45) is 11.3 Å². The first kappa shape index (κ1) is 17.1. The number of hydrogen-bond donors (Lipinski definition) is 0. The molecule has 3 nitrogen and oxygen atoms in total. The van der Waals surface area contributed by atoms with Crippen LogP contribution in [0.3, 0.4) is 0 Å². The van der Waals surface area contributed by atoms with E-state index in [1.807, 2.05) is 0 Å². The summed E-state index contributed by atoms with van der Waals surface area (Å²) in [5.41, 5.74) is 3.14. The minimum Gasteiger partial charge on any atom is -0.338 e. The van der Waals surface area contributed by atoms with E-state index in [4.69, 9.17) is 0 Å². The van der Waals surface area contributed by atoms with Gasteiger partial charge in [0.15, 0.2) is 0 Å². The fourth-order valence-corrected chi connectivity index (χ4v) is 6.62. The number of rotatable bonds is 2. The molecule has 0 aromatic heterocycles. The van der Waals surface area contributed by atoms with Gasteiger partial charge in [-0.1, -0.05) is 24.3 Å². The quantitative estimate of drug-likeness (QED) is 0.795. The number of hydrogen-bond acceptors (Lipinski definition) is 3. The molecule has 3 aliphatic heterocycles. The number of nitrogens with zero attached hydrogens (tertiary/aromatic N) is 2. The summed E-state index contributed by atoms with van der Waals surface area (Å²) in [5.74, 6) is 3.44. The Balaban J connectivity index is 1.18. The molecule has 1 unspecified atom stereocenters. The van der Waals surface area contributed by atoms with Gasteiger partial charge in [0.2, 0.25) is 5.91 Å². The topological polar surface area (TPSA) is 23.6 Å². The van der Waals surface area contributed by atoms with Crippen molar-refractivity contribution in [1.29, 1.82) is 0 Å². The summed E-state index contributed by atoms with van der Waals surface area (Å²) in [5, 5.41) is 0. The number of likely N-dealkylation sites (tertiary alicyclic amines) is 1. The predicted octanol–water partition coefficient (Wildman–Crippen LogP) is 3.57. The maximum atomic E-state index is 13.1. The normalized spacial score (nSPS) is 28.8. The lowest BCUT2D eigenvalue weighted by atomic mass is 9.89.